The quantitative estimate of drug-likeness (QED) is 0.838. The van der Waals surface area contributed by atoms with Gasteiger partial charge in [0.25, 0.3) is 0 Å². The predicted molar refractivity (Wildman–Crippen MR) is 75.7 cm³/mol. The van der Waals surface area contributed by atoms with Gasteiger partial charge in [0, 0.05) is 18.7 Å². The van der Waals surface area contributed by atoms with Crippen LogP contribution in [-0.2, 0) is 16.0 Å². The molecule has 0 aliphatic rings. The van der Waals surface area contributed by atoms with Crippen LogP contribution in [0.2, 0.25) is 0 Å². The van der Waals surface area contributed by atoms with Crippen molar-refractivity contribution in [1.82, 2.24) is 0 Å². The van der Waals surface area contributed by atoms with Gasteiger partial charge in [-0.15, -0.1) is 0 Å². The molecule has 1 N–H and O–H groups in total. The Bertz CT molecular complexity index is 512. The van der Waals surface area contributed by atoms with E-state index in [-0.39, 0.29) is 25.1 Å². The van der Waals surface area contributed by atoms with E-state index >= 15 is 0 Å². The molecule has 1 rings (SSSR count). The first-order valence-corrected chi connectivity index (χ1v) is 6.95. The highest BCUT2D eigenvalue weighted by Crippen LogP contribution is 2.24. The minimum absolute atomic E-state index is 0.0478. The van der Waals surface area contributed by atoms with Crippen molar-refractivity contribution in [3.63, 3.8) is 0 Å². The molecular formula is C15H18F3NO3. The van der Waals surface area contributed by atoms with E-state index in [0.29, 0.717) is 4.90 Å². The first kappa shape index (κ1) is 18.0. The van der Waals surface area contributed by atoms with Crippen LogP contribution in [0.4, 0.5) is 18.9 Å². The number of carboxylic acids is 1. The Morgan fingerprint density at radius 3 is 2.23 bits per heavy atom. The molecule has 4 nitrogen and oxygen atoms in total. The minimum atomic E-state index is -4.99. The van der Waals surface area contributed by atoms with E-state index in [1.807, 2.05) is 6.92 Å². The van der Waals surface area contributed by atoms with E-state index in [2.05, 4.69) is 0 Å². The van der Waals surface area contributed by atoms with Gasteiger partial charge >= 0.3 is 18.1 Å². The third-order valence-corrected chi connectivity index (χ3v) is 3.05. The summed E-state index contributed by atoms with van der Waals surface area (Å²) in [7, 11) is 0. The van der Waals surface area contributed by atoms with Crippen molar-refractivity contribution in [3.8, 4) is 0 Å². The van der Waals surface area contributed by atoms with Crippen molar-refractivity contribution in [2.45, 2.75) is 38.8 Å². The molecule has 22 heavy (non-hydrogen) atoms. The molecule has 0 bridgehead atoms. The lowest BCUT2D eigenvalue weighted by Gasteiger charge is -2.24. The number of carbonyl (C=O) groups is 2. The Labute approximate surface area is 126 Å². The van der Waals surface area contributed by atoms with Gasteiger partial charge in [0.05, 0.1) is 0 Å². The maximum atomic E-state index is 12.7. The van der Waals surface area contributed by atoms with E-state index in [4.69, 9.17) is 5.11 Å². The molecule has 0 atom stereocenters. The second-order valence-corrected chi connectivity index (χ2v) is 4.87. The van der Waals surface area contributed by atoms with Crippen LogP contribution < -0.4 is 4.90 Å². The van der Waals surface area contributed by atoms with E-state index < -0.39 is 18.1 Å². The molecule has 0 saturated carbocycles. The molecular weight excluding hydrogens is 299 g/mol. The van der Waals surface area contributed by atoms with Gasteiger partial charge in [-0.1, -0.05) is 25.5 Å². The molecule has 1 aromatic rings. The van der Waals surface area contributed by atoms with Gasteiger partial charge in [-0.05, 0) is 30.5 Å². The number of amides is 1. The minimum Gasteiger partial charge on any atom is -0.481 e. The summed E-state index contributed by atoms with van der Waals surface area (Å²) in [6, 6.07) is 6.25. The summed E-state index contributed by atoms with van der Waals surface area (Å²) in [5.74, 6) is -3.10. The first-order valence-electron chi connectivity index (χ1n) is 6.95. The second kappa shape index (κ2) is 7.82. The van der Waals surface area contributed by atoms with Crippen LogP contribution >= 0.6 is 0 Å². The first-order chi connectivity index (χ1) is 10.3. The SMILES string of the molecule is CCCc1ccc(N(CCCC(=O)O)C(=O)C(F)(F)F)cc1. The summed E-state index contributed by atoms with van der Waals surface area (Å²) in [6.07, 6.45) is -3.63. The van der Waals surface area contributed by atoms with Crippen molar-refractivity contribution < 1.29 is 27.9 Å². The zero-order valence-corrected chi connectivity index (χ0v) is 12.2. The average molecular weight is 317 g/mol. The molecule has 0 aliphatic heterocycles. The fourth-order valence-corrected chi connectivity index (χ4v) is 2.02. The van der Waals surface area contributed by atoms with Crippen LogP contribution in [-0.4, -0.2) is 29.7 Å². The van der Waals surface area contributed by atoms with Crippen LogP contribution in [0.5, 0.6) is 0 Å². The standard InChI is InChI=1S/C15H18F3NO3/c1-2-4-11-6-8-12(9-7-11)19(10-3-5-13(20)21)14(22)15(16,17)18/h6-9H,2-5,10H2,1H3,(H,20,21). The predicted octanol–water partition coefficient (Wildman–Crippen LogP) is 3.40. The van der Waals surface area contributed by atoms with Crippen molar-refractivity contribution in [1.29, 1.82) is 0 Å². The second-order valence-electron chi connectivity index (χ2n) is 4.87. The number of carbonyl (C=O) groups excluding carboxylic acids is 1. The molecule has 0 unspecified atom stereocenters. The number of nitrogens with zero attached hydrogens (tertiary/aromatic N) is 1. The molecule has 0 radical (unpaired) electrons. The van der Waals surface area contributed by atoms with Crippen molar-refractivity contribution in [2.24, 2.45) is 0 Å². The van der Waals surface area contributed by atoms with Gasteiger partial charge in [-0.2, -0.15) is 13.2 Å². The number of rotatable bonds is 7. The van der Waals surface area contributed by atoms with E-state index in [0.717, 1.165) is 18.4 Å². The van der Waals surface area contributed by atoms with Gasteiger partial charge in [0.1, 0.15) is 0 Å². The van der Waals surface area contributed by atoms with E-state index in [9.17, 15) is 22.8 Å². The Kier molecular flexibility index (Phi) is 6.39. The number of aliphatic carboxylic acids is 1. The van der Waals surface area contributed by atoms with Crippen molar-refractivity contribution >= 4 is 17.6 Å². The summed E-state index contributed by atoms with van der Waals surface area (Å²) < 4.78 is 38.0. The van der Waals surface area contributed by atoms with Crippen LogP contribution in [0, 0.1) is 0 Å². The maximum absolute atomic E-state index is 12.7. The number of benzene rings is 1. The highest BCUT2D eigenvalue weighted by molar-refractivity contribution is 5.97. The number of aryl methyl sites for hydroxylation is 1. The Morgan fingerprint density at radius 1 is 1.18 bits per heavy atom. The number of hydrogen-bond donors (Lipinski definition) is 1. The zero-order chi connectivity index (χ0) is 16.8. The van der Waals surface area contributed by atoms with Crippen LogP contribution in [0.25, 0.3) is 0 Å². The van der Waals surface area contributed by atoms with Crippen LogP contribution in [0.3, 0.4) is 0 Å². The fraction of sp³-hybridized carbons (Fsp3) is 0.467. The van der Waals surface area contributed by atoms with E-state index in [1.165, 1.54) is 12.1 Å². The lowest BCUT2D eigenvalue weighted by atomic mass is 10.1. The monoisotopic (exact) mass is 317 g/mol. The van der Waals surface area contributed by atoms with Gasteiger partial charge < -0.3 is 10.0 Å². The van der Waals surface area contributed by atoms with Gasteiger partial charge in [-0.25, -0.2) is 0 Å². The van der Waals surface area contributed by atoms with Gasteiger partial charge in [0.2, 0.25) is 0 Å². The third-order valence-electron chi connectivity index (χ3n) is 3.05. The molecule has 1 amide bonds. The van der Waals surface area contributed by atoms with Gasteiger partial charge in [0.15, 0.2) is 0 Å². The molecule has 0 fully saturated rings. The molecule has 0 aliphatic carbocycles. The fourth-order valence-electron chi connectivity index (χ4n) is 2.02. The molecule has 1 aromatic carbocycles. The number of halogens is 3. The number of hydrogen-bond acceptors (Lipinski definition) is 2. The molecule has 0 saturated heterocycles. The van der Waals surface area contributed by atoms with Crippen molar-refractivity contribution in [2.75, 3.05) is 11.4 Å². The molecule has 0 heterocycles. The Morgan fingerprint density at radius 2 is 1.77 bits per heavy atom. The summed E-state index contributed by atoms with van der Waals surface area (Å²) in [6.45, 7) is 1.69. The molecule has 0 spiro atoms. The topological polar surface area (TPSA) is 57.6 Å². The summed E-state index contributed by atoms with van der Waals surface area (Å²) in [5, 5.41) is 8.57. The maximum Gasteiger partial charge on any atom is 0.471 e. The number of alkyl halides is 3. The smallest absolute Gasteiger partial charge is 0.471 e. The zero-order valence-electron chi connectivity index (χ0n) is 12.2. The van der Waals surface area contributed by atoms with Gasteiger partial charge in [-0.3, -0.25) is 9.59 Å². The molecule has 122 valence electrons. The lowest BCUT2D eigenvalue weighted by molar-refractivity contribution is -0.170. The highest BCUT2D eigenvalue weighted by Gasteiger charge is 2.42. The number of carboxylic acid groups (broad SMARTS) is 1. The summed E-state index contributed by atoms with van der Waals surface area (Å²) >= 11 is 0. The Balaban J connectivity index is 2.93. The van der Waals surface area contributed by atoms with Crippen molar-refractivity contribution in [3.05, 3.63) is 29.8 Å². The summed E-state index contributed by atoms with van der Waals surface area (Å²) in [4.78, 5) is 22.6. The summed E-state index contributed by atoms with van der Waals surface area (Å²) in [5.41, 5.74) is 1.09. The molecule has 0 aromatic heterocycles. The molecule has 7 heteroatoms. The largest absolute Gasteiger partial charge is 0.481 e. The van der Waals surface area contributed by atoms with Crippen LogP contribution in [0.1, 0.15) is 31.7 Å². The highest BCUT2D eigenvalue weighted by atomic mass is 19.4. The third kappa shape index (κ3) is 5.38. The average Bonchev–Trinajstić information content (AvgIpc) is 2.43. The lowest BCUT2D eigenvalue weighted by Crippen LogP contribution is -2.42. The Hall–Kier alpha value is -2.05. The van der Waals surface area contributed by atoms with Crippen LogP contribution in [0.15, 0.2) is 24.3 Å². The number of anilines is 1. The van der Waals surface area contributed by atoms with E-state index in [1.54, 1.807) is 12.1 Å². The normalized spacial score (nSPS) is 11.3.